The number of para-hydroxylation sites is 1. The first-order valence-electron chi connectivity index (χ1n) is 5.22. The minimum absolute atomic E-state index is 0.0631. The molecule has 1 rings (SSSR count). The van der Waals surface area contributed by atoms with Gasteiger partial charge >= 0.3 is 0 Å². The van der Waals surface area contributed by atoms with E-state index in [1.165, 1.54) is 6.92 Å². The zero-order valence-electron chi connectivity index (χ0n) is 9.84. The maximum Gasteiger partial charge on any atom is 0.264 e. The lowest BCUT2D eigenvalue weighted by atomic mass is 10.3. The minimum Gasteiger partial charge on any atom is -0.484 e. The molecular formula is C12H13NO4S. The van der Waals surface area contributed by atoms with Crippen molar-refractivity contribution >= 4 is 28.7 Å². The first-order valence-corrected chi connectivity index (χ1v) is 6.20. The Labute approximate surface area is 109 Å². The Morgan fingerprint density at radius 1 is 1.17 bits per heavy atom. The Kier molecular flexibility index (Phi) is 5.93. The molecule has 0 unspecified atom stereocenters. The molecule has 0 aliphatic rings. The molecule has 0 saturated carbocycles. The quantitative estimate of drug-likeness (QED) is 0.861. The van der Waals surface area contributed by atoms with Crippen LogP contribution >= 0.6 is 11.8 Å². The smallest absolute Gasteiger partial charge is 0.264 e. The SMILES string of the molecule is CC(=O)SCC(=O)NC(=O)COc1ccccc1. The van der Waals surface area contributed by atoms with Gasteiger partial charge < -0.3 is 4.74 Å². The van der Waals surface area contributed by atoms with Gasteiger partial charge in [-0.15, -0.1) is 0 Å². The monoisotopic (exact) mass is 267 g/mol. The van der Waals surface area contributed by atoms with Crippen molar-refractivity contribution in [1.29, 1.82) is 0 Å². The highest BCUT2D eigenvalue weighted by Gasteiger charge is 2.09. The normalized spacial score (nSPS) is 9.61. The average molecular weight is 267 g/mol. The summed E-state index contributed by atoms with van der Waals surface area (Å²) in [7, 11) is 0. The zero-order chi connectivity index (χ0) is 13.4. The van der Waals surface area contributed by atoms with Gasteiger partial charge in [-0.1, -0.05) is 30.0 Å². The van der Waals surface area contributed by atoms with E-state index in [1.807, 2.05) is 6.07 Å². The van der Waals surface area contributed by atoms with E-state index >= 15 is 0 Å². The molecule has 0 aliphatic carbocycles. The van der Waals surface area contributed by atoms with Crippen molar-refractivity contribution in [1.82, 2.24) is 5.32 Å². The van der Waals surface area contributed by atoms with Crippen LogP contribution in [0, 0.1) is 0 Å². The predicted octanol–water partition coefficient (Wildman–Crippen LogP) is 0.988. The average Bonchev–Trinajstić information content (AvgIpc) is 2.35. The molecule has 0 saturated heterocycles. The van der Waals surface area contributed by atoms with Crippen LogP contribution in [0.25, 0.3) is 0 Å². The van der Waals surface area contributed by atoms with Crippen molar-refractivity contribution in [2.75, 3.05) is 12.4 Å². The van der Waals surface area contributed by atoms with Crippen molar-refractivity contribution in [3.8, 4) is 5.75 Å². The second kappa shape index (κ2) is 7.50. The molecule has 0 bridgehead atoms. The fourth-order valence-corrected chi connectivity index (χ4v) is 1.47. The summed E-state index contributed by atoms with van der Waals surface area (Å²) >= 11 is 0.852. The van der Waals surface area contributed by atoms with Gasteiger partial charge in [0.05, 0.1) is 5.75 Å². The van der Waals surface area contributed by atoms with Gasteiger partial charge in [0.1, 0.15) is 5.75 Å². The van der Waals surface area contributed by atoms with E-state index < -0.39 is 11.8 Å². The summed E-state index contributed by atoms with van der Waals surface area (Å²) in [5.74, 6) is -0.546. The van der Waals surface area contributed by atoms with Gasteiger partial charge in [0.15, 0.2) is 11.7 Å². The third-order valence-corrected chi connectivity index (χ3v) is 2.61. The van der Waals surface area contributed by atoms with Gasteiger partial charge in [0, 0.05) is 6.92 Å². The summed E-state index contributed by atoms with van der Waals surface area (Å²) in [6.07, 6.45) is 0. The van der Waals surface area contributed by atoms with E-state index in [-0.39, 0.29) is 17.5 Å². The van der Waals surface area contributed by atoms with E-state index in [0.717, 1.165) is 11.8 Å². The second-order valence-corrected chi connectivity index (χ2v) is 4.51. The zero-order valence-corrected chi connectivity index (χ0v) is 10.7. The minimum atomic E-state index is -0.534. The Balaban J connectivity index is 2.25. The van der Waals surface area contributed by atoms with Crippen molar-refractivity contribution in [2.45, 2.75) is 6.92 Å². The molecule has 6 heteroatoms. The second-order valence-electron chi connectivity index (χ2n) is 3.35. The Morgan fingerprint density at radius 3 is 2.44 bits per heavy atom. The third kappa shape index (κ3) is 6.05. The number of hydrogen-bond acceptors (Lipinski definition) is 5. The van der Waals surface area contributed by atoms with Gasteiger partial charge in [-0.05, 0) is 12.1 Å². The number of benzene rings is 1. The molecule has 0 aliphatic heterocycles. The molecule has 1 aromatic carbocycles. The molecule has 5 nitrogen and oxygen atoms in total. The highest BCUT2D eigenvalue weighted by Crippen LogP contribution is 2.07. The molecule has 0 heterocycles. The Morgan fingerprint density at radius 2 is 1.83 bits per heavy atom. The Bertz CT molecular complexity index is 433. The van der Waals surface area contributed by atoms with Crippen molar-refractivity contribution in [2.24, 2.45) is 0 Å². The summed E-state index contributed by atoms with van der Waals surface area (Å²) < 4.78 is 5.16. The molecule has 18 heavy (non-hydrogen) atoms. The number of nitrogens with one attached hydrogen (secondary N) is 1. The molecule has 0 radical (unpaired) electrons. The fraction of sp³-hybridized carbons (Fsp3) is 0.250. The van der Waals surface area contributed by atoms with Crippen LogP contribution in [0.2, 0.25) is 0 Å². The first-order chi connectivity index (χ1) is 8.58. The predicted molar refractivity (Wildman–Crippen MR) is 68.2 cm³/mol. The van der Waals surface area contributed by atoms with E-state index in [2.05, 4.69) is 5.32 Å². The van der Waals surface area contributed by atoms with Crippen molar-refractivity contribution in [3.63, 3.8) is 0 Å². The third-order valence-electron chi connectivity index (χ3n) is 1.80. The first kappa shape index (κ1) is 14.2. The molecule has 0 aromatic heterocycles. The maximum absolute atomic E-state index is 11.3. The van der Waals surface area contributed by atoms with Crippen molar-refractivity contribution in [3.05, 3.63) is 30.3 Å². The number of ether oxygens (including phenoxy) is 1. The largest absolute Gasteiger partial charge is 0.484 e. The van der Waals surface area contributed by atoms with Crippen LogP contribution in [0.15, 0.2) is 30.3 Å². The van der Waals surface area contributed by atoms with Crippen LogP contribution in [0.4, 0.5) is 0 Å². The molecule has 1 N–H and O–H groups in total. The standard InChI is InChI=1S/C12H13NO4S/c1-9(14)18-8-12(16)13-11(15)7-17-10-5-3-2-4-6-10/h2-6H,7-8H2,1H3,(H,13,15,16). The highest BCUT2D eigenvalue weighted by molar-refractivity contribution is 8.14. The molecule has 2 amide bonds. The topological polar surface area (TPSA) is 72.5 Å². The van der Waals surface area contributed by atoms with Crippen LogP contribution in [0.3, 0.4) is 0 Å². The van der Waals surface area contributed by atoms with Crippen LogP contribution in [0.1, 0.15) is 6.92 Å². The molecule has 1 aromatic rings. The van der Waals surface area contributed by atoms with Gasteiger partial charge in [-0.25, -0.2) is 0 Å². The lowest BCUT2D eigenvalue weighted by Gasteiger charge is -2.05. The van der Waals surface area contributed by atoms with E-state index in [1.54, 1.807) is 24.3 Å². The lowest BCUT2D eigenvalue weighted by molar-refractivity contribution is -0.130. The number of hydrogen-bond donors (Lipinski definition) is 1. The highest BCUT2D eigenvalue weighted by atomic mass is 32.2. The van der Waals surface area contributed by atoms with E-state index in [9.17, 15) is 14.4 Å². The van der Waals surface area contributed by atoms with Crippen LogP contribution in [-0.4, -0.2) is 29.3 Å². The van der Waals surface area contributed by atoms with Crippen LogP contribution in [0.5, 0.6) is 5.75 Å². The number of amides is 2. The molecule has 0 atom stereocenters. The van der Waals surface area contributed by atoms with Gasteiger partial charge in [-0.3, -0.25) is 19.7 Å². The summed E-state index contributed by atoms with van der Waals surface area (Å²) in [5.41, 5.74) is 0. The number of thioether (sulfide) groups is 1. The summed E-state index contributed by atoms with van der Waals surface area (Å²) in [6, 6.07) is 8.81. The number of imide groups is 1. The van der Waals surface area contributed by atoms with Gasteiger partial charge in [0.25, 0.3) is 5.91 Å². The van der Waals surface area contributed by atoms with Crippen molar-refractivity contribution < 1.29 is 19.1 Å². The maximum atomic E-state index is 11.3. The Hall–Kier alpha value is -1.82. The summed E-state index contributed by atoms with van der Waals surface area (Å²) in [5, 5.41) is 1.96. The van der Waals surface area contributed by atoms with Crippen LogP contribution < -0.4 is 10.1 Å². The summed E-state index contributed by atoms with van der Waals surface area (Å²) in [6.45, 7) is 1.12. The van der Waals surface area contributed by atoms with Crippen LogP contribution in [-0.2, 0) is 14.4 Å². The summed E-state index contributed by atoms with van der Waals surface area (Å²) in [4.78, 5) is 33.1. The molecular weight excluding hydrogens is 254 g/mol. The van der Waals surface area contributed by atoms with E-state index in [0.29, 0.717) is 5.75 Å². The van der Waals surface area contributed by atoms with Gasteiger partial charge in [0.2, 0.25) is 5.91 Å². The fourth-order valence-electron chi connectivity index (χ4n) is 1.06. The number of carbonyl (C=O) groups excluding carboxylic acids is 3. The van der Waals surface area contributed by atoms with Gasteiger partial charge in [-0.2, -0.15) is 0 Å². The lowest BCUT2D eigenvalue weighted by Crippen LogP contribution is -2.35. The number of carbonyl (C=O) groups is 3. The molecule has 96 valence electrons. The van der Waals surface area contributed by atoms with E-state index in [4.69, 9.17) is 4.74 Å². The number of rotatable bonds is 5. The molecule has 0 fully saturated rings. The molecule has 0 spiro atoms.